The van der Waals surface area contributed by atoms with Crippen molar-refractivity contribution in [3.8, 4) is 11.5 Å². The fourth-order valence-corrected chi connectivity index (χ4v) is 4.11. The number of nitrogens with one attached hydrogen (secondary N) is 1. The second-order valence-corrected chi connectivity index (χ2v) is 8.47. The summed E-state index contributed by atoms with van der Waals surface area (Å²) in [5.41, 5.74) is 3.61. The van der Waals surface area contributed by atoms with Crippen LogP contribution < -0.4 is 19.7 Å². The maximum absolute atomic E-state index is 13.1. The molecule has 4 rings (SSSR count). The Morgan fingerprint density at radius 3 is 2.36 bits per heavy atom. The topological polar surface area (TPSA) is 71.1 Å². The summed E-state index contributed by atoms with van der Waals surface area (Å²) in [5.74, 6) is 0.471. The lowest BCUT2D eigenvalue weighted by Crippen LogP contribution is -2.29. The largest absolute Gasteiger partial charge is 0.495 e. The van der Waals surface area contributed by atoms with Crippen LogP contribution in [0.4, 0.5) is 11.4 Å². The molecule has 1 saturated heterocycles. The second kappa shape index (κ2) is 11.0. The number of methoxy groups -OCH3 is 1. The van der Waals surface area contributed by atoms with Crippen molar-refractivity contribution < 1.29 is 19.1 Å². The van der Waals surface area contributed by atoms with Crippen LogP contribution in [0.15, 0.2) is 78.5 Å². The van der Waals surface area contributed by atoms with Crippen LogP contribution >= 0.6 is 12.2 Å². The molecular weight excluding hydrogens is 474 g/mol. The molecule has 0 atom stereocenters. The highest BCUT2D eigenvalue weighted by atomic mass is 32.1. The number of aryl methyl sites for hydroxylation is 1. The highest BCUT2D eigenvalue weighted by Crippen LogP contribution is 2.31. The van der Waals surface area contributed by atoms with Gasteiger partial charge in [0.1, 0.15) is 17.2 Å². The van der Waals surface area contributed by atoms with Gasteiger partial charge in [0.05, 0.1) is 12.8 Å². The molecule has 3 aromatic carbocycles. The minimum Gasteiger partial charge on any atom is -0.495 e. The lowest BCUT2D eigenvalue weighted by Gasteiger charge is -2.19. The summed E-state index contributed by atoms with van der Waals surface area (Å²) in [5, 5.41) is 3.18. The third kappa shape index (κ3) is 5.23. The average molecular weight is 502 g/mol. The zero-order chi connectivity index (χ0) is 25.7. The van der Waals surface area contributed by atoms with Crippen molar-refractivity contribution in [1.29, 1.82) is 0 Å². The lowest BCUT2D eigenvalue weighted by molar-refractivity contribution is -0.121. The first-order valence-electron chi connectivity index (χ1n) is 11.5. The fraction of sp³-hybridized carbons (Fsp3) is 0.179. The molecule has 1 heterocycles. The van der Waals surface area contributed by atoms with E-state index in [2.05, 4.69) is 12.2 Å². The van der Waals surface area contributed by atoms with Crippen molar-refractivity contribution in [1.82, 2.24) is 4.90 Å². The van der Waals surface area contributed by atoms with Crippen LogP contribution in [0.1, 0.15) is 18.1 Å². The molecule has 1 N–H and O–H groups in total. The number of benzene rings is 3. The summed E-state index contributed by atoms with van der Waals surface area (Å²) >= 11 is 5.57. The van der Waals surface area contributed by atoms with Gasteiger partial charge in [0.25, 0.3) is 11.8 Å². The van der Waals surface area contributed by atoms with E-state index in [0.29, 0.717) is 33.6 Å². The molecule has 184 valence electrons. The molecule has 2 amide bonds. The average Bonchev–Trinajstić information content (AvgIpc) is 3.11. The molecule has 1 aliphatic rings. The Balaban J connectivity index is 1.57. The van der Waals surface area contributed by atoms with Gasteiger partial charge in [-0.3, -0.25) is 19.4 Å². The number of amides is 2. The quantitative estimate of drug-likeness (QED) is 0.351. The Hall–Kier alpha value is -4.17. The van der Waals surface area contributed by atoms with Gasteiger partial charge >= 0.3 is 0 Å². The number of carbonyl (C=O) groups is 2. The molecule has 7 nitrogen and oxygen atoms in total. The van der Waals surface area contributed by atoms with E-state index in [-0.39, 0.29) is 18.4 Å². The van der Waals surface area contributed by atoms with Gasteiger partial charge < -0.3 is 14.8 Å². The number of thiocarbonyl (C=S) groups is 1. The van der Waals surface area contributed by atoms with Gasteiger partial charge in [-0.25, -0.2) is 0 Å². The van der Waals surface area contributed by atoms with Gasteiger partial charge in [-0.2, -0.15) is 0 Å². The summed E-state index contributed by atoms with van der Waals surface area (Å²) < 4.78 is 11.1. The van der Waals surface area contributed by atoms with E-state index in [4.69, 9.17) is 21.7 Å². The van der Waals surface area contributed by atoms with Crippen molar-refractivity contribution in [2.45, 2.75) is 13.3 Å². The summed E-state index contributed by atoms with van der Waals surface area (Å²) in [6.07, 6.45) is 2.65. The van der Waals surface area contributed by atoms with Crippen molar-refractivity contribution in [3.63, 3.8) is 0 Å². The van der Waals surface area contributed by atoms with E-state index >= 15 is 0 Å². The monoisotopic (exact) mass is 501 g/mol. The molecule has 0 aromatic heterocycles. The Bertz CT molecular complexity index is 1320. The summed E-state index contributed by atoms with van der Waals surface area (Å²) in [4.78, 5) is 28.8. The summed E-state index contributed by atoms with van der Waals surface area (Å²) in [6.45, 7) is 1.87. The number of ether oxygens (including phenoxy) is 2. The number of hydrogen-bond donors (Lipinski definition) is 1. The van der Waals surface area contributed by atoms with Gasteiger partial charge in [-0.15, -0.1) is 0 Å². The predicted molar refractivity (Wildman–Crippen MR) is 145 cm³/mol. The molecular formula is C28H27N3O4S. The molecule has 8 heteroatoms. The Morgan fingerprint density at radius 1 is 1.00 bits per heavy atom. The first-order chi connectivity index (χ1) is 17.4. The normalized spacial score (nSPS) is 14.4. The minimum absolute atomic E-state index is 0.216. The number of likely N-dealkylation sites (N-methyl/N-ethyl adjacent to an activating group) is 1. The van der Waals surface area contributed by atoms with E-state index in [1.54, 1.807) is 43.3 Å². The van der Waals surface area contributed by atoms with Crippen LogP contribution in [0.3, 0.4) is 0 Å². The van der Waals surface area contributed by atoms with Crippen molar-refractivity contribution in [3.05, 3.63) is 89.6 Å². The lowest BCUT2D eigenvalue weighted by atomic mass is 10.1. The molecule has 0 saturated carbocycles. The van der Waals surface area contributed by atoms with E-state index in [1.807, 2.05) is 54.6 Å². The molecule has 0 radical (unpaired) electrons. The number of anilines is 2. The van der Waals surface area contributed by atoms with Crippen LogP contribution in [0, 0.1) is 0 Å². The molecule has 1 aliphatic heterocycles. The Labute approximate surface area is 215 Å². The van der Waals surface area contributed by atoms with Crippen LogP contribution in [0.25, 0.3) is 6.08 Å². The van der Waals surface area contributed by atoms with Crippen molar-refractivity contribution >= 4 is 46.6 Å². The van der Waals surface area contributed by atoms with Gasteiger partial charge in [-0.1, -0.05) is 49.4 Å². The fourth-order valence-electron chi connectivity index (χ4n) is 3.82. The maximum Gasteiger partial charge on any atom is 0.276 e. The highest BCUT2D eigenvalue weighted by Gasteiger charge is 2.36. The smallest absolute Gasteiger partial charge is 0.276 e. The summed E-state index contributed by atoms with van der Waals surface area (Å²) in [7, 11) is 3.20. The van der Waals surface area contributed by atoms with Gasteiger partial charge in [0, 0.05) is 18.3 Å². The Kier molecular flexibility index (Phi) is 7.65. The first-order valence-corrected chi connectivity index (χ1v) is 11.9. The first kappa shape index (κ1) is 24.9. The number of para-hydroxylation sites is 3. The SMILES string of the molecule is CCc1ccc(N2C(=S)N(C)C(=O)/C2=C\c2ccccc2OCC(=O)Nc2ccccc2OC)cc1. The second-order valence-electron chi connectivity index (χ2n) is 8.11. The van der Waals surface area contributed by atoms with Gasteiger partial charge in [-0.05, 0) is 60.6 Å². The van der Waals surface area contributed by atoms with Crippen molar-refractivity contribution in [2.24, 2.45) is 0 Å². The van der Waals surface area contributed by atoms with E-state index in [0.717, 1.165) is 12.1 Å². The standard InChI is InChI=1S/C28H27N3O4S/c1-4-19-13-15-21(16-14-19)31-23(27(33)30(2)28(31)36)17-20-9-5-7-11-24(20)35-18-26(32)29-22-10-6-8-12-25(22)34-3/h5-17H,4,18H2,1-3H3,(H,29,32)/b23-17+. The molecule has 36 heavy (non-hydrogen) atoms. The number of hydrogen-bond acceptors (Lipinski definition) is 5. The third-order valence-corrected chi connectivity index (χ3v) is 6.25. The van der Waals surface area contributed by atoms with E-state index < -0.39 is 0 Å². The van der Waals surface area contributed by atoms with Gasteiger partial charge in [0.2, 0.25) is 0 Å². The molecule has 3 aromatic rings. The molecule has 0 unspecified atom stereocenters. The van der Waals surface area contributed by atoms with Crippen LogP contribution in [0.2, 0.25) is 0 Å². The van der Waals surface area contributed by atoms with Gasteiger partial charge in [0.15, 0.2) is 11.7 Å². The predicted octanol–water partition coefficient (Wildman–Crippen LogP) is 4.88. The van der Waals surface area contributed by atoms with E-state index in [1.165, 1.54) is 10.5 Å². The zero-order valence-corrected chi connectivity index (χ0v) is 21.2. The number of nitrogens with zero attached hydrogens (tertiary/aromatic N) is 2. The van der Waals surface area contributed by atoms with E-state index in [9.17, 15) is 9.59 Å². The molecule has 1 fully saturated rings. The number of carbonyl (C=O) groups excluding carboxylic acids is 2. The summed E-state index contributed by atoms with van der Waals surface area (Å²) in [6, 6.07) is 22.3. The Morgan fingerprint density at radius 2 is 1.67 bits per heavy atom. The number of rotatable bonds is 8. The maximum atomic E-state index is 13.1. The molecule has 0 bridgehead atoms. The van der Waals surface area contributed by atoms with Crippen molar-refractivity contribution in [2.75, 3.05) is 31.0 Å². The molecule has 0 aliphatic carbocycles. The zero-order valence-electron chi connectivity index (χ0n) is 20.4. The minimum atomic E-state index is -0.336. The third-order valence-electron chi connectivity index (χ3n) is 5.80. The molecule has 0 spiro atoms. The highest BCUT2D eigenvalue weighted by molar-refractivity contribution is 7.80. The van der Waals surface area contributed by atoms with Crippen LogP contribution in [-0.4, -0.2) is 42.6 Å². The van der Waals surface area contributed by atoms with Crippen LogP contribution in [0.5, 0.6) is 11.5 Å². The van der Waals surface area contributed by atoms with Crippen LogP contribution in [-0.2, 0) is 16.0 Å².